The summed E-state index contributed by atoms with van der Waals surface area (Å²) in [6, 6.07) is 7.69. The van der Waals surface area contributed by atoms with Crippen LogP contribution >= 0.6 is 0 Å². The van der Waals surface area contributed by atoms with Crippen molar-refractivity contribution in [3.05, 3.63) is 29.8 Å². The summed E-state index contributed by atoms with van der Waals surface area (Å²) in [6.07, 6.45) is 1.97. The van der Waals surface area contributed by atoms with Gasteiger partial charge >= 0.3 is 0 Å². The topological polar surface area (TPSA) is 40.5 Å². The number of amides is 1. The summed E-state index contributed by atoms with van der Waals surface area (Å²) in [5.74, 6) is 0.201. The second-order valence-corrected chi connectivity index (χ2v) is 5.02. The lowest BCUT2D eigenvalue weighted by Crippen LogP contribution is -2.35. The van der Waals surface area contributed by atoms with Gasteiger partial charge in [-0.3, -0.25) is 4.79 Å². The molecule has 1 N–H and O–H groups in total. The van der Waals surface area contributed by atoms with Gasteiger partial charge in [0.25, 0.3) is 0 Å². The Morgan fingerprint density at radius 3 is 2.94 bits per heavy atom. The molecular formula is C15H21NO2. The number of para-hydroxylation sites is 1. The van der Waals surface area contributed by atoms with E-state index in [1.807, 2.05) is 43.0 Å². The maximum atomic E-state index is 12.4. The molecule has 2 atom stereocenters. The molecule has 0 aliphatic carbocycles. The van der Waals surface area contributed by atoms with Crippen LogP contribution in [0.2, 0.25) is 0 Å². The molecule has 1 aromatic rings. The lowest BCUT2D eigenvalue weighted by molar-refractivity contribution is -0.122. The molecule has 2 rings (SSSR count). The van der Waals surface area contributed by atoms with Gasteiger partial charge in [-0.2, -0.15) is 0 Å². The highest BCUT2D eigenvalue weighted by atomic mass is 16.3. The zero-order valence-electron chi connectivity index (χ0n) is 11.1. The van der Waals surface area contributed by atoms with Crippen LogP contribution in [0.4, 0.5) is 5.69 Å². The molecule has 18 heavy (non-hydrogen) atoms. The molecule has 1 heterocycles. The van der Waals surface area contributed by atoms with Crippen LogP contribution in [0, 0.1) is 5.92 Å². The van der Waals surface area contributed by atoms with Gasteiger partial charge in [-0.15, -0.1) is 0 Å². The monoisotopic (exact) mass is 247 g/mol. The first kappa shape index (κ1) is 13.1. The Labute approximate surface area is 108 Å². The van der Waals surface area contributed by atoms with Gasteiger partial charge in [0, 0.05) is 23.7 Å². The van der Waals surface area contributed by atoms with E-state index in [0.29, 0.717) is 6.54 Å². The highest BCUT2D eigenvalue weighted by Crippen LogP contribution is 2.33. The third-order valence-corrected chi connectivity index (χ3v) is 3.75. The first-order valence-corrected chi connectivity index (χ1v) is 6.73. The normalized spacial score (nSPS) is 21.1. The van der Waals surface area contributed by atoms with Crippen molar-refractivity contribution < 1.29 is 9.90 Å². The summed E-state index contributed by atoms with van der Waals surface area (Å²) in [5, 5.41) is 10.1. The number of hydrogen-bond donors (Lipinski definition) is 1. The van der Waals surface area contributed by atoms with Gasteiger partial charge in [-0.1, -0.05) is 32.0 Å². The largest absolute Gasteiger partial charge is 0.388 e. The molecule has 2 unspecified atom stereocenters. The first-order valence-electron chi connectivity index (χ1n) is 6.73. The van der Waals surface area contributed by atoms with Gasteiger partial charge in [0.05, 0.1) is 6.10 Å². The van der Waals surface area contributed by atoms with Crippen molar-refractivity contribution >= 4 is 11.6 Å². The Balaban J connectivity index is 2.37. The highest BCUT2D eigenvalue weighted by Gasteiger charge is 2.27. The van der Waals surface area contributed by atoms with E-state index in [2.05, 4.69) is 0 Å². The fourth-order valence-corrected chi connectivity index (χ4v) is 2.40. The van der Waals surface area contributed by atoms with Gasteiger partial charge < -0.3 is 10.0 Å². The van der Waals surface area contributed by atoms with Crippen molar-refractivity contribution in [2.45, 2.75) is 39.2 Å². The standard InChI is InChI=1S/C15H21NO2/c1-3-11(2)15(18)16-10-6-9-14(17)12-7-4-5-8-13(12)16/h4-5,7-8,11,14,17H,3,6,9-10H2,1-2H3. The van der Waals surface area contributed by atoms with E-state index >= 15 is 0 Å². The Bertz CT molecular complexity index is 430. The molecule has 1 aromatic carbocycles. The molecule has 3 heteroatoms. The van der Waals surface area contributed by atoms with E-state index in [1.54, 1.807) is 0 Å². The lowest BCUT2D eigenvalue weighted by atomic mass is 10.0. The zero-order chi connectivity index (χ0) is 13.1. The molecule has 0 radical (unpaired) electrons. The van der Waals surface area contributed by atoms with Gasteiger partial charge in [0.2, 0.25) is 5.91 Å². The number of anilines is 1. The van der Waals surface area contributed by atoms with Crippen LogP contribution in [0.5, 0.6) is 0 Å². The number of aliphatic hydroxyl groups is 1. The van der Waals surface area contributed by atoms with E-state index in [1.165, 1.54) is 0 Å². The number of carbonyl (C=O) groups is 1. The molecule has 0 fully saturated rings. The van der Waals surface area contributed by atoms with Crippen LogP contribution in [0.25, 0.3) is 0 Å². The molecule has 1 amide bonds. The molecule has 1 aliphatic rings. The van der Waals surface area contributed by atoms with Crippen LogP contribution in [0.3, 0.4) is 0 Å². The molecule has 98 valence electrons. The minimum Gasteiger partial charge on any atom is -0.388 e. The number of fused-ring (bicyclic) bond motifs is 1. The highest BCUT2D eigenvalue weighted by molar-refractivity contribution is 5.95. The predicted molar refractivity (Wildman–Crippen MR) is 72.4 cm³/mol. The summed E-state index contributed by atoms with van der Waals surface area (Å²) < 4.78 is 0. The third kappa shape index (κ3) is 2.41. The van der Waals surface area contributed by atoms with Crippen LogP contribution < -0.4 is 4.90 Å². The number of hydrogen-bond acceptors (Lipinski definition) is 2. The molecular weight excluding hydrogens is 226 g/mol. The fourth-order valence-electron chi connectivity index (χ4n) is 2.40. The molecule has 1 aliphatic heterocycles. The zero-order valence-corrected chi connectivity index (χ0v) is 11.1. The number of rotatable bonds is 2. The molecule has 0 saturated heterocycles. The summed E-state index contributed by atoms with van der Waals surface area (Å²) in [5.41, 5.74) is 1.76. The summed E-state index contributed by atoms with van der Waals surface area (Å²) in [6.45, 7) is 4.70. The smallest absolute Gasteiger partial charge is 0.229 e. The average molecular weight is 247 g/mol. The van der Waals surface area contributed by atoms with Crippen LogP contribution in [0.15, 0.2) is 24.3 Å². The minimum atomic E-state index is -0.448. The van der Waals surface area contributed by atoms with E-state index < -0.39 is 6.10 Å². The SMILES string of the molecule is CCC(C)C(=O)N1CCCC(O)c2ccccc21. The van der Waals surface area contributed by atoms with E-state index in [9.17, 15) is 9.90 Å². The molecule has 0 aromatic heterocycles. The van der Waals surface area contributed by atoms with Gasteiger partial charge in [0.15, 0.2) is 0 Å². The summed E-state index contributed by atoms with van der Waals surface area (Å²) >= 11 is 0. The maximum Gasteiger partial charge on any atom is 0.229 e. The van der Waals surface area contributed by atoms with Gasteiger partial charge in [0.1, 0.15) is 0 Å². The maximum absolute atomic E-state index is 12.4. The van der Waals surface area contributed by atoms with E-state index in [0.717, 1.165) is 30.5 Å². The average Bonchev–Trinajstić information content (AvgIpc) is 2.57. The van der Waals surface area contributed by atoms with Crippen molar-refractivity contribution in [3.63, 3.8) is 0 Å². The Morgan fingerprint density at radius 1 is 1.50 bits per heavy atom. The Kier molecular flexibility index (Phi) is 4.02. The van der Waals surface area contributed by atoms with E-state index in [-0.39, 0.29) is 11.8 Å². The Hall–Kier alpha value is -1.35. The molecule has 3 nitrogen and oxygen atoms in total. The number of benzene rings is 1. The lowest BCUT2D eigenvalue weighted by Gasteiger charge is -2.25. The third-order valence-electron chi connectivity index (χ3n) is 3.75. The second kappa shape index (κ2) is 5.53. The summed E-state index contributed by atoms with van der Waals surface area (Å²) in [4.78, 5) is 14.2. The number of aliphatic hydroxyl groups excluding tert-OH is 1. The molecule has 0 spiro atoms. The minimum absolute atomic E-state index is 0.0355. The second-order valence-electron chi connectivity index (χ2n) is 5.02. The van der Waals surface area contributed by atoms with E-state index in [4.69, 9.17) is 0 Å². The quantitative estimate of drug-likeness (QED) is 0.873. The number of nitrogens with zero attached hydrogens (tertiary/aromatic N) is 1. The summed E-state index contributed by atoms with van der Waals surface area (Å²) in [7, 11) is 0. The van der Waals surface area contributed by atoms with Crippen LogP contribution in [-0.4, -0.2) is 17.6 Å². The van der Waals surface area contributed by atoms with Crippen molar-refractivity contribution in [2.24, 2.45) is 5.92 Å². The van der Waals surface area contributed by atoms with Crippen molar-refractivity contribution in [3.8, 4) is 0 Å². The van der Waals surface area contributed by atoms with Gasteiger partial charge in [-0.05, 0) is 25.3 Å². The molecule has 0 saturated carbocycles. The van der Waals surface area contributed by atoms with Gasteiger partial charge in [-0.25, -0.2) is 0 Å². The van der Waals surface area contributed by atoms with Crippen LogP contribution in [0.1, 0.15) is 44.8 Å². The fraction of sp³-hybridized carbons (Fsp3) is 0.533. The van der Waals surface area contributed by atoms with Crippen molar-refractivity contribution in [1.29, 1.82) is 0 Å². The first-order chi connectivity index (χ1) is 8.65. The number of carbonyl (C=O) groups excluding carboxylic acids is 1. The van der Waals surface area contributed by atoms with Crippen LogP contribution in [-0.2, 0) is 4.79 Å². The predicted octanol–water partition coefficient (Wildman–Crippen LogP) is 2.89. The van der Waals surface area contributed by atoms with Crippen molar-refractivity contribution in [1.82, 2.24) is 0 Å². The Morgan fingerprint density at radius 2 is 2.22 bits per heavy atom. The van der Waals surface area contributed by atoms with Crippen molar-refractivity contribution in [2.75, 3.05) is 11.4 Å². The molecule has 0 bridgehead atoms.